The Morgan fingerprint density at radius 1 is 1.41 bits per heavy atom. The summed E-state index contributed by atoms with van der Waals surface area (Å²) < 4.78 is 26.7. The Morgan fingerprint density at radius 3 is 2.59 bits per heavy atom. The zero-order valence-electron chi connectivity index (χ0n) is 9.93. The number of benzene rings is 1. The van der Waals surface area contributed by atoms with E-state index in [0.717, 1.165) is 11.8 Å². The minimum atomic E-state index is -3.53. The average molecular weight is 257 g/mol. The summed E-state index contributed by atoms with van der Waals surface area (Å²) in [5.41, 5.74) is 0.779. The van der Waals surface area contributed by atoms with Gasteiger partial charge in [0.2, 0.25) is 5.91 Å². The predicted octanol–water partition coefficient (Wildman–Crippen LogP) is 1.22. The molecule has 5 nitrogen and oxygen atoms in total. The highest BCUT2D eigenvalue weighted by Crippen LogP contribution is 2.20. The van der Waals surface area contributed by atoms with E-state index in [1.807, 2.05) is 0 Å². The largest absolute Gasteiger partial charge is 0.383 e. The second-order valence-corrected chi connectivity index (χ2v) is 5.36. The molecule has 0 radical (unpaired) electrons. The number of amides is 1. The molecule has 0 aromatic heterocycles. The van der Waals surface area contributed by atoms with Crippen LogP contribution in [0, 0.1) is 0 Å². The van der Waals surface area contributed by atoms with Crippen molar-refractivity contribution in [1.29, 1.82) is 0 Å². The van der Waals surface area contributed by atoms with Gasteiger partial charge < -0.3 is 9.50 Å². The first-order valence-electron chi connectivity index (χ1n) is 5.04. The van der Waals surface area contributed by atoms with Crippen LogP contribution >= 0.6 is 0 Å². The van der Waals surface area contributed by atoms with Gasteiger partial charge in [-0.25, -0.2) is 0 Å². The summed E-state index contributed by atoms with van der Waals surface area (Å²) in [4.78, 5) is 10.9. The van der Waals surface area contributed by atoms with Gasteiger partial charge >= 0.3 is 10.1 Å². The molecule has 0 saturated heterocycles. The van der Waals surface area contributed by atoms with Crippen molar-refractivity contribution < 1.29 is 17.4 Å². The van der Waals surface area contributed by atoms with Crippen LogP contribution in [0.4, 0.5) is 0 Å². The van der Waals surface area contributed by atoms with E-state index < -0.39 is 10.1 Å². The van der Waals surface area contributed by atoms with Crippen molar-refractivity contribution >= 4 is 16.0 Å². The molecule has 0 bridgehead atoms. The van der Waals surface area contributed by atoms with E-state index >= 15 is 0 Å². The first kappa shape index (κ1) is 13.5. The van der Waals surface area contributed by atoms with Crippen molar-refractivity contribution in [3.63, 3.8) is 0 Å². The zero-order chi connectivity index (χ0) is 13.1. The quantitative estimate of drug-likeness (QED) is 0.823. The van der Waals surface area contributed by atoms with E-state index in [-0.39, 0.29) is 17.7 Å². The maximum Gasteiger partial charge on any atom is 0.306 e. The third-order valence-corrected chi connectivity index (χ3v) is 2.52. The maximum atomic E-state index is 11.0. The lowest BCUT2D eigenvalue weighted by molar-refractivity contribution is -0.119. The SMILES string of the molecule is CC(=O)NC(C)c1cccc(OS(C)(=O)=O)c1. The lowest BCUT2D eigenvalue weighted by atomic mass is 10.1. The number of hydrogen-bond donors (Lipinski definition) is 1. The van der Waals surface area contributed by atoms with Crippen LogP contribution in [0.15, 0.2) is 24.3 Å². The van der Waals surface area contributed by atoms with Crippen LogP contribution in [0.2, 0.25) is 0 Å². The molecule has 6 heteroatoms. The van der Waals surface area contributed by atoms with Gasteiger partial charge in [-0.3, -0.25) is 4.79 Å². The van der Waals surface area contributed by atoms with Gasteiger partial charge in [-0.15, -0.1) is 0 Å². The number of rotatable bonds is 4. The molecular weight excluding hydrogens is 242 g/mol. The fraction of sp³-hybridized carbons (Fsp3) is 0.364. The van der Waals surface area contributed by atoms with Gasteiger partial charge in [-0.05, 0) is 24.6 Å². The van der Waals surface area contributed by atoms with Crippen LogP contribution in [-0.2, 0) is 14.9 Å². The first-order chi connectivity index (χ1) is 7.78. The highest BCUT2D eigenvalue weighted by Gasteiger charge is 2.09. The summed E-state index contributed by atoms with van der Waals surface area (Å²) in [6, 6.07) is 6.40. The molecule has 1 unspecified atom stereocenters. The van der Waals surface area contributed by atoms with Crippen molar-refractivity contribution in [2.75, 3.05) is 6.26 Å². The predicted molar refractivity (Wildman–Crippen MR) is 64.1 cm³/mol. The van der Waals surface area contributed by atoms with Gasteiger partial charge in [0.05, 0.1) is 12.3 Å². The summed E-state index contributed by atoms with van der Waals surface area (Å²) in [7, 11) is -3.53. The highest BCUT2D eigenvalue weighted by atomic mass is 32.2. The molecule has 17 heavy (non-hydrogen) atoms. The van der Waals surface area contributed by atoms with E-state index in [1.54, 1.807) is 31.2 Å². The summed E-state index contributed by atoms with van der Waals surface area (Å²) in [5, 5.41) is 2.71. The highest BCUT2D eigenvalue weighted by molar-refractivity contribution is 7.86. The molecule has 0 aliphatic carbocycles. The van der Waals surface area contributed by atoms with Crippen LogP contribution in [0.3, 0.4) is 0 Å². The zero-order valence-corrected chi connectivity index (χ0v) is 10.7. The molecule has 0 aliphatic rings. The van der Waals surface area contributed by atoms with Crippen molar-refractivity contribution in [3.8, 4) is 5.75 Å². The third kappa shape index (κ3) is 4.86. The Kier molecular flexibility index (Phi) is 4.11. The summed E-state index contributed by atoms with van der Waals surface area (Å²) in [6.45, 7) is 3.23. The smallest absolute Gasteiger partial charge is 0.306 e. The molecule has 1 aromatic carbocycles. The third-order valence-electron chi connectivity index (χ3n) is 2.03. The lowest BCUT2D eigenvalue weighted by Crippen LogP contribution is -2.23. The van der Waals surface area contributed by atoms with Crippen LogP contribution in [0.25, 0.3) is 0 Å². The standard InChI is InChI=1S/C11H15NO4S/c1-8(12-9(2)13)10-5-4-6-11(7-10)16-17(3,14)15/h4-8H,1-3H3,(H,12,13). The van der Waals surface area contributed by atoms with Gasteiger partial charge in [0.1, 0.15) is 5.75 Å². The number of nitrogens with one attached hydrogen (secondary N) is 1. The van der Waals surface area contributed by atoms with Crippen LogP contribution < -0.4 is 9.50 Å². The Balaban J connectivity index is 2.89. The Labute approximate surface area is 101 Å². The van der Waals surface area contributed by atoms with Crippen molar-refractivity contribution in [2.45, 2.75) is 19.9 Å². The van der Waals surface area contributed by atoms with Crippen molar-refractivity contribution in [2.24, 2.45) is 0 Å². The first-order valence-corrected chi connectivity index (χ1v) is 6.86. The normalized spacial score (nSPS) is 12.9. The Bertz CT molecular complexity index is 510. The number of hydrogen-bond acceptors (Lipinski definition) is 4. The van der Waals surface area contributed by atoms with Gasteiger partial charge in [0, 0.05) is 6.92 Å². The molecule has 1 rings (SSSR count). The molecule has 1 amide bonds. The molecule has 0 heterocycles. The minimum Gasteiger partial charge on any atom is -0.383 e. The fourth-order valence-corrected chi connectivity index (χ4v) is 1.85. The molecule has 94 valence electrons. The second kappa shape index (κ2) is 5.18. The summed E-state index contributed by atoms with van der Waals surface area (Å²) in [6.07, 6.45) is 0.983. The maximum absolute atomic E-state index is 11.0. The summed E-state index contributed by atoms with van der Waals surface area (Å²) >= 11 is 0. The van der Waals surface area contributed by atoms with E-state index in [9.17, 15) is 13.2 Å². The van der Waals surface area contributed by atoms with E-state index in [2.05, 4.69) is 5.32 Å². The second-order valence-electron chi connectivity index (χ2n) is 3.78. The molecule has 0 saturated carbocycles. The van der Waals surface area contributed by atoms with Crippen molar-refractivity contribution in [3.05, 3.63) is 29.8 Å². The molecular formula is C11H15NO4S. The molecule has 1 N–H and O–H groups in total. The van der Waals surface area contributed by atoms with E-state index in [0.29, 0.717) is 0 Å². The minimum absolute atomic E-state index is 0.146. The van der Waals surface area contributed by atoms with Crippen molar-refractivity contribution in [1.82, 2.24) is 5.32 Å². The lowest BCUT2D eigenvalue weighted by Gasteiger charge is -2.13. The molecule has 1 aromatic rings. The van der Waals surface area contributed by atoms with Gasteiger partial charge in [-0.2, -0.15) is 8.42 Å². The fourth-order valence-electron chi connectivity index (χ4n) is 1.40. The number of carbonyl (C=O) groups is 1. The van der Waals surface area contributed by atoms with Crippen LogP contribution in [0.1, 0.15) is 25.5 Å². The molecule has 0 spiro atoms. The van der Waals surface area contributed by atoms with Crippen LogP contribution in [0.5, 0.6) is 5.75 Å². The Hall–Kier alpha value is -1.56. The van der Waals surface area contributed by atoms with E-state index in [4.69, 9.17) is 4.18 Å². The average Bonchev–Trinajstić information content (AvgIpc) is 2.14. The Morgan fingerprint density at radius 2 is 2.06 bits per heavy atom. The topological polar surface area (TPSA) is 72.5 Å². The van der Waals surface area contributed by atoms with Gasteiger partial charge in [0.15, 0.2) is 0 Å². The van der Waals surface area contributed by atoms with E-state index in [1.165, 1.54) is 6.92 Å². The number of carbonyl (C=O) groups excluding carboxylic acids is 1. The molecule has 1 atom stereocenters. The van der Waals surface area contributed by atoms with Gasteiger partial charge in [0.25, 0.3) is 0 Å². The summed E-state index contributed by atoms with van der Waals surface area (Å²) in [5.74, 6) is 0.0918. The van der Waals surface area contributed by atoms with Crippen LogP contribution in [-0.4, -0.2) is 20.6 Å². The van der Waals surface area contributed by atoms with Gasteiger partial charge in [-0.1, -0.05) is 12.1 Å². The molecule has 0 aliphatic heterocycles. The molecule has 0 fully saturated rings. The monoisotopic (exact) mass is 257 g/mol.